The minimum atomic E-state index is 0.726. The predicted octanol–water partition coefficient (Wildman–Crippen LogP) is 3.21. The predicted molar refractivity (Wildman–Crippen MR) is 82.3 cm³/mol. The van der Waals surface area contributed by atoms with Crippen molar-refractivity contribution >= 4 is 0 Å². The van der Waals surface area contributed by atoms with Gasteiger partial charge in [-0.1, -0.05) is 50.1 Å². The Hall–Kier alpha value is -0.860. The van der Waals surface area contributed by atoms with Crippen molar-refractivity contribution in [1.29, 1.82) is 0 Å². The van der Waals surface area contributed by atoms with E-state index in [1.54, 1.807) is 0 Å². The Kier molecular flexibility index (Phi) is 5.41. The molecule has 1 N–H and O–H groups in total. The number of hydrogen-bond acceptors (Lipinski definition) is 2. The van der Waals surface area contributed by atoms with Crippen molar-refractivity contribution in [1.82, 2.24) is 10.2 Å². The molecule has 2 nitrogen and oxygen atoms in total. The first-order valence-corrected chi connectivity index (χ1v) is 7.74. The van der Waals surface area contributed by atoms with Crippen LogP contribution in [-0.4, -0.2) is 30.6 Å². The van der Waals surface area contributed by atoms with Gasteiger partial charge in [-0.15, -0.1) is 0 Å². The van der Waals surface area contributed by atoms with E-state index in [-0.39, 0.29) is 0 Å². The van der Waals surface area contributed by atoms with Gasteiger partial charge < -0.3 is 5.32 Å². The largest absolute Gasteiger partial charge is 0.314 e. The van der Waals surface area contributed by atoms with E-state index in [0.29, 0.717) is 0 Å². The second kappa shape index (κ2) is 7.06. The van der Waals surface area contributed by atoms with Crippen LogP contribution >= 0.6 is 0 Å². The summed E-state index contributed by atoms with van der Waals surface area (Å²) in [6, 6.07) is 9.71. The van der Waals surface area contributed by atoms with E-state index in [1.165, 1.54) is 37.1 Å². The maximum atomic E-state index is 3.65. The van der Waals surface area contributed by atoms with Gasteiger partial charge in [-0.05, 0) is 37.9 Å². The minimum absolute atomic E-state index is 0.726. The summed E-state index contributed by atoms with van der Waals surface area (Å²) in [5.74, 6) is 0.805. The highest BCUT2D eigenvalue weighted by Crippen LogP contribution is 2.21. The second-order valence-electron chi connectivity index (χ2n) is 5.84. The lowest BCUT2D eigenvalue weighted by Gasteiger charge is -2.38. The van der Waals surface area contributed by atoms with Crippen molar-refractivity contribution in [2.45, 2.75) is 46.2 Å². The van der Waals surface area contributed by atoms with Crippen LogP contribution in [0.2, 0.25) is 0 Å². The summed E-state index contributed by atoms with van der Waals surface area (Å²) in [5, 5.41) is 3.65. The van der Waals surface area contributed by atoms with Gasteiger partial charge in [0.25, 0.3) is 0 Å². The quantitative estimate of drug-likeness (QED) is 0.874. The maximum Gasteiger partial charge on any atom is 0.0233 e. The van der Waals surface area contributed by atoms with Gasteiger partial charge in [0.2, 0.25) is 0 Å². The zero-order chi connectivity index (χ0) is 13.7. The van der Waals surface area contributed by atoms with Gasteiger partial charge >= 0.3 is 0 Å². The van der Waals surface area contributed by atoms with Gasteiger partial charge in [0.05, 0.1) is 0 Å². The molecule has 0 bridgehead atoms. The summed E-state index contributed by atoms with van der Waals surface area (Å²) in [4.78, 5) is 2.62. The average Bonchev–Trinajstić information content (AvgIpc) is 2.43. The van der Waals surface area contributed by atoms with Gasteiger partial charge in [0, 0.05) is 19.1 Å². The van der Waals surface area contributed by atoms with E-state index in [9.17, 15) is 0 Å². The Morgan fingerprint density at radius 2 is 1.95 bits per heavy atom. The van der Waals surface area contributed by atoms with Crippen LogP contribution < -0.4 is 5.32 Å². The lowest BCUT2D eigenvalue weighted by molar-refractivity contribution is 0.129. The van der Waals surface area contributed by atoms with E-state index >= 15 is 0 Å². The molecule has 0 radical (unpaired) electrons. The Balaban J connectivity index is 1.90. The van der Waals surface area contributed by atoms with E-state index < -0.39 is 0 Å². The van der Waals surface area contributed by atoms with Crippen LogP contribution in [0.15, 0.2) is 24.3 Å². The van der Waals surface area contributed by atoms with Gasteiger partial charge in [-0.3, -0.25) is 4.90 Å². The van der Waals surface area contributed by atoms with Crippen molar-refractivity contribution in [3.8, 4) is 0 Å². The Labute approximate surface area is 118 Å². The molecule has 0 saturated carbocycles. The van der Waals surface area contributed by atoms with E-state index in [4.69, 9.17) is 0 Å². The minimum Gasteiger partial charge on any atom is -0.314 e. The Bertz CT molecular complexity index is 371. The van der Waals surface area contributed by atoms with Gasteiger partial charge in [0.15, 0.2) is 0 Å². The van der Waals surface area contributed by atoms with Crippen LogP contribution in [-0.2, 0) is 6.54 Å². The molecule has 1 aliphatic heterocycles. The summed E-state index contributed by atoms with van der Waals surface area (Å²) in [6.07, 6.45) is 2.57. The average molecular weight is 260 g/mol. The lowest BCUT2D eigenvalue weighted by atomic mass is 9.89. The van der Waals surface area contributed by atoms with Crippen LogP contribution in [0.3, 0.4) is 0 Å². The summed E-state index contributed by atoms with van der Waals surface area (Å²) < 4.78 is 0. The third-order valence-corrected chi connectivity index (χ3v) is 4.34. The molecule has 2 heteroatoms. The fourth-order valence-corrected chi connectivity index (χ4v) is 3.15. The smallest absolute Gasteiger partial charge is 0.0233 e. The molecular formula is C17H28N2. The molecule has 0 amide bonds. The highest BCUT2D eigenvalue weighted by molar-refractivity contribution is 5.21. The molecule has 1 aromatic carbocycles. The third-order valence-electron chi connectivity index (χ3n) is 4.34. The van der Waals surface area contributed by atoms with Gasteiger partial charge in [0.1, 0.15) is 0 Å². The van der Waals surface area contributed by atoms with Gasteiger partial charge in [-0.2, -0.15) is 0 Å². The van der Waals surface area contributed by atoms with E-state index in [0.717, 1.165) is 25.0 Å². The lowest BCUT2D eigenvalue weighted by Crippen LogP contribution is -2.48. The molecule has 106 valence electrons. The summed E-state index contributed by atoms with van der Waals surface area (Å²) in [7, 11) is 0. The van der Waals surface area contributed by atoms with E-state index in [1.807, 2.05) is 0 Å². The van der Waals surface area contributed by atoms with Crippen LogP contribution in [0.4, 0.5) is 0 Å². The van der Waals surface area contributed by atoms with E-state index in [2.05, 4.69) is 55.3 Å². The second-order valence-corrected chi connectivity index (χ2v) is 5.84. The fraction of sp³-hybridized carbons (Fsp3) is 0.647. The molecule has 1 aliphatic rings. The number of nitrogens with one attached hydrogen (secondary N) is 1. The van der Waals surface area contributed by atoms with Crippen molar-refractivity contribution < 1.29 is 0 Å². The number of hydrogen-bond donors (Lipinski definition) is 1. The highest BCUT2D eigenvalue weighted by atomic mass is 15.1. The first-order valence-electron chi connectivity index (χ1n) is 7.74. The number of benzene rings is 1. The standard InChI is InChI=1S/C17H28N2/c1-4-16-13-19(11-10-17(16)18-5-2)12-15-8-6-14(3)7-9-15/h6-9,16-18H,4-5,10-13H2,1-3H3. The van der Waals surface area contributed by atoms with Crippen LogP contribution in [0.1, 0.15) is 37.8 Å². The number of rotatable bonds is 5. The van der Waals surface area contributed by atoms with Crippen molar-refractivity contribution in [2.24, 2.45) is 5.92 Å². The topological polar surface area (TPSA) is 15.3 Å². The molecule has 1 aromatic rings. The SMILES string of the molecule is CCNC1CCN(Cc2ccc(C)cc2)CC1CC. The zero-order valence-corrected chi connectivity index (χ0v) is 12.7. The molecule has 2 rings (SSSR count). The number of likely N-dealkylation sites (tertiary alicyclic amines) is 1. The van der Waals surface area contributed by atoms with Crippen LogP contribution in [0, 0.1) is 12.8 Å². The zero-order valence-electron chi connectivity index (χ0n) is 12.7. The third kappa shape index (κ3) is 4.05. The molecule has 1 fully saturated rings. The van der Waals surface area contributed by atoms with Crippen molar-refractivity contribution in [2.75, 3.05) is 19.6 Å². The molecule has 2 atom stereocenters. The van der Waals surface area contributed by atoms with Crippen LogP contribution in [0.5, 0.6) is 0 Å². The molecule has 0 aliphatic carbocycles. The fourth-order valence-electron chi connectivity index (χ4n) is 3.15. The highest BCUT2D eigenvalue weighted by Gasteiger charge is 2.27. The molecular weight excluding hydrogens is 232 g/mol. The molecule has 0 spiro atoms. The molecule has 1 saturated heterocycles. The number of nitrogens with zero attached hydrogens (tertiary/aromatic N) is 1. The van der Waals surface area contributed by atoms with Gasteiger partial charge in [-0.25, -0.2) is 0 Å². The molecule has 0 aromatic heterocycles. The Morgan fingerprint density at radius 1 is 1.21 bits per heavy atom. The summed E-state index contributed by atoms with van der Waals surface area (Å²) >= 11 is 0. The molecule has 1 heterocycles. The molecule has 2 unspecified atom stereocenters. The maximum absolute atomic E-state index is 3.65. The monoisotopic (exact) mass is 260 g/mol. The summed E-state index contributed by atoms with van der Waals surface area (Å²) in [6.45, 7) is 11.4. The number of aryl methyl sites for hydroxylation is 1. The first kappa shape index (κ1) is 14.5. The van der Waals surface area contributed by atoms with Crippen molar-refractivity contribution in [3.63, 3.8) is 0 Å². The summed E-state index contributed by atoms with van der Waals surface area (Å²) in [5.41, 5.74) is 2.79. The normalized spacial score (nSPS) is 24.6. The van der Waals surface area contributed by atoms with Crippen LogP contribution in [0.25, 0.3) is 0 Å². The molecule has 19 heavy (non-hydrogen) atoms. The number of piperidine rings is 1. The van der Waals surface area contributed by atoms with Crippen molar-refractivity contribution in [3.05, 3.63) is 35.4 Å². The Morgan fingerprint density at radius 3 is 2.58 bits per heavy atom. The first-order chi connectivity index (χ1) is 9.22.